The van der Waals surface area contributed by atoms with Gasteiger partial charge in [-0.3, -0.25) is 4.90 Å². The summed E-state index contributed by atoms with van der Waals surface area (Å²) >= 11 is 0. The lowest BCUT2D eigenvalue weighted by Gasteiger charge is -2.18. The zero-order chi connectivity index (χ0) is 12.4. The molecule has 1 saturated heterocycles. The van der Waals surface area contributed by atoms with E-state index >= 15 is 0 Å². The van der Waals surface area contributed by atoms with Crippen LogP contribution in [0.15, 0.2) is 24.3 Å². The van der Waals surface area contributed by atoms with Gasteiger partial charge in [0.15, 0.2) is 0 Å². The fraction of sp³-hybridized carbons (Fsp3) is 0.462. The summed E-state index contributed by atoms with van der Waals surface area (Å²) in [5.41, 5.74) is 1.98. The van der Waals surface area contributed by atoms with Crippen LogP contribution in [0, 0.1) is 0 Å². The molecule has 0 saturated carbocycles. The highest BCUT2D eigenvalue weighted by Gasteiger charge is 2.26. The van der Waals surface area contributed by atoms with Crippen LogP contribution >= 0.6 is 0 Å². The van der Waals surface area contributed by atoms with Crippen molar-refractivity contribution in [2.75, 3.05) is 31.6 Å². The number of carbonyl (C=O) groups is 1. The molecule has 17 heavy (non-hydrogen) atoms. The average molecular weight is 234 g/mol. The molecular formula is C13H18N2O2. The maximum Gasteiger partial charge on any atom is 0.324 e. The van der Waals surface area contributed by atoms with Crippen LogP contribution < -0.4 is 4.90 Å². The number of aliphatic hydroxyl groups is 1. The molecule has 1 fully saturated rings. The lowest BCUT2D eigenvalue weighted by Crippen LogP contribution is -2.29. The lowest BCUT2D eigenvalue weighted by molar-refractivity contribution is 0.229. The van der Waals surface area contributed by atoms with E-state index < -0.39 is 0 Å². The predicted molar refractivity (Wildman–Crippen MR) is 67.3 cm³/mol. The number of benzene rings is 1. The molecule has 0 aliphatic carbocycles. The topological polar surface area (TPSA) is 43.8 Å². The Morgan fingerprint density at radius 2 is 2.18 bits per heavy atom. The van der Waals surface area contributed by atoms with Gasteiger partial charge < -0.3 is 10.0 Å². The summed E-state index contributed by atoms with van der Waals surface area (Å²) in [4.78, 5) is 15.3. The minimum Gasteiger partial charge on any atom is -0.396 e. The molecule has 2 amide bonds. The molecule has 1 aromatic carbocycles. The summed E-state index contributed by atoms with van der Waals surface area (Å²) in [7, 11) is 1.81. The van der Waals surface area contributed by atoms with Crippen molar-refractivity contribution in [3.05, 3.63) is 29.8 Å². The predicted octanol–water partition coefficient (Wildman–Crippen LogP) is 1.65. The summed E-state index contributed by atoms with van der Waals surface area (Å²) in [6, 6.07) is 7.87. The van der Waals surface area contributed by atoms with Crippen LogP contribution in [0.2, 0.25) is 0 Å². The number of rotatable bonds is 3. The number of likely N-dealkylation sites (N-methyl/N-ethyl adjacent to an activating group) is 1. The summed E-state index contributed by atoms with van der Waals surface area (Å²) in [6.45, 7) is 3.58. The van der Waals surface area contributed by atoms with Gasteiger partial charge in [0.1, 0.15) is 0 Å². The molecule has 1 atom stereocenters. The van der Waals surface area contributed by atoms with Gasteiger partial charge in [-0.1, -0.05) is 19.1 Å². The monoisotopic (exact) mass is 234 g/mol. The second kappa shape index (κ2) is 4.75. The molecule has 1 aromatic rings. The summed E-state index contributed by atoms with van der Waals surface area (Å²) in [5, 5.41) is 9.15. The first-order chi connectivity index (χ1) is 8.13. The number of hydrogen-bond acceptors (Lipinski definition) is 2. The Labute approximate surface area is 101 Å². The molecule has 0 aromatic heterocycles. The van der Waals surface area contributed by atoms with Crippen molar-refractivity contribution in [2.45, 2.75) is 12.8 Å². The third kappa shape index (κ3) is 2.26. The first kappa shape index (κ1) is 11.9. The van der Waals surface area contributed by atoms with E-state index in [-0.39, 0.29) is 18.6 Å². The Balaban J connectivity index is 2.25. The second-order valence-corrected chi connectivity index (χ2v) is 4.53. The van der Waals surface area contributed by atoms with E-state index in [1.54, 1.807) is 9.80 Å². The fourth-order valence-corrected chi connectivity index (χ4v) is 1.99. The number of anilines is 1. The smallest absolute Gasteiger partial charge is 0.324 e. The highest BCUT2D eigenvalue weighted by Crippen LogP contribution is 2.24. The Kier molecular flexibility index (Phi) is 3.33. The maximum atomic E-state index is 11.9. The van der Waals surface area contributed by atoms with Gasteiger partial charge in [0.25, 0.3) is 0 Å². The highest BCUT2D eigenvalue weighted by molar-refractivity contribution is 5.94. The third-order valence-electron chi connectivity index (χ3n) is 3.24. The molecule has 92 valence electrons. The first-order valence-corrected chi connectivity index (χ1v) is 5.87. The molecule has 1 unspecified atom stereocenters. The number of hydrogen-bond donors (Lipinski definition) is 1. The number of carbonyl (C=O) groups excluding carboxylic acids is 1. The van der Waals surface area contributed by atoms with Crippen LogP contribution in [0.3, 0.4) is 0 Å². The Bertz CT molecular complexity index is 420. The number of aliphatic hydroxyl groups excluding tert-OH is 1. The van der Waals surface area contributed by atoms with E-state index in [4.69, 9.17) is 5.11 Å². The van der Waals surface area contributed by atoms with Crippen molar-refractivity contribution >= 4 is 11.7 Å². The number of urea groups is 1. The summed E-state index contributed by atoms with van der Waals surface area (Å²) in [5.74, 6) is 0.102. The molecular weight excluding hydrogens is 216 g/mol. The molecule has 0 radical (unpaired) electrons. The Morgan fingerprint density at radius 3 is 2.76 bits per heavy atom. The van der Waals surface area contributed by atoms with Crippen LogP contribution in [0.5, 0.6) is 0 Å². The van der Waals surface area contributed by atoms with Gasteiger partial charge in [-0.15, -0.1) is 0 Å². The van der Waals surface area contributed by atoms with Gasteiger partial charge in [-0.05, 0) is 17.7 Å². The average Bonchev–Trinajstić information content (AvgIpc) is 2.69. The van der Waals surface area contributed by atoms with Crippen molar-refractivity contribution < 1.29 is 9.90 Å². The zero-order valence-electron chi connectivity index (χ0n) is 10.3. The molecule has 4 heteroatoms. The fourth-order valence-electron chi connectivity index (χ4n) is 1.99. The molecule has 1 aliphatic rings. The van der Waals surface area contributed by atoms with Crippen LogP contribution in [-0.4, -0.2) is 42.8 Å². The van der Waals surface area contributed by atoms with Gasteiger partial charge in [-0.25, -0.2) is 4.79 Å². The van der Waals surface area contributed by atoms with Gasteiger partial charge in [0.05, 0.1) is 0 Å². The zero-order valence-corrected chi connectivity index (χ0v) is 10.3. The highest BCUT2D eigenvalue weighted by atomic mass is 16.3. The van der Waals surface area contributed by atoms with Gasteiger partial charge in [0, 0.05) is 38.3 Å². The molecule has 0 bridgehead atoms. The Morgan fingerprint density at radius 1 is 1.41 bits per heavy atom. The van der Waals surface area contributed by atoms with E-state index in [9.17, 15) is 4.79 Å². The second-order valence-electron chi connectivity index (χ2n) is 4.53. The van der Waals surface area contributed by atoms with Gasteiger partial charge >= 0.3 is 6.03 Å². The quantitative estimate of drug-likeness (QED) is 0.864. The number of amides is 2. The first-order valence-electron chi connectivity index (χ1n) is 5.87. The van der Waals surface area contributed by atoms with Crippen LogP contribution in [-0.2, 0) is 0 Å². The Hall–Kier alpha value is -1.55. The largest absolute Gasteiger partial charge is 0.396 e. The van der Waals surface area contributed by atoms with Crippen LogP contribution in [0.1, 0.15) is 18.4 Å². The van der Waals surface area contributed by atoms with Crippen LogP contribution in [0.4, 0.5) is 10.5 Å². The van der Waals surface area contributed by atoms with E-state index in [0.717, 1.165) is 24.3 Å². The minimum absolute atomic E-state index is 0.0406. The molecule has 4 nitrogen and oxygen atoms in total. The molecule has 1 heterocycles. The number of nitrogens with zero attached hydrogens (tertiary/aromatic N) is 2. The van der Waals surface area contributed by atoms with Crippen molar-refractivity contribution in [1.82, 2.24) is 4.90 Å². The van der Waals surface area contributed by atoms with Gasteiger partial charge in [0.2, 0.25) is 0 Å². The third-order valence-corrected chi connectivity index (χ3v) is 3.24. The normalized spacial score (nSPS) is 17.7. The van der Waals surface area contributed by atoms with E-state index in [1.165, 1.54) is 0 Å². The van der Waals surface area contributed by atoms with Crippen molar-refractivity contribution in [1.29, 1.82) is 0 Å². The van der Waals surface area contributed by atoms with E-state index in [1.807, 2.05) is 38.2 Å². The minimum atomic E-state index is 0.0406. The van der Waals surface area contributed by atoms with E-state index in [2.05, 4.69) is 0 Å². The molecule has 1 aliphatic heterocycles. The summed E-state index contributed by atoms with van der Waals surface area (Å²) < 4.78 is 0. The van der Waals surface area contributed by atoms with Crippen molar-refractivity contribution in [3.8, 4) is 0 Å². The van der Waals surface area contributed by atoms with Crippen molar-refractivity contribution in [3.63, 3.8) is 0 Å². The molecule has 0 spiro atoms. The van der Waals surface area contributed by atoms with Gasteiger partial charge in [-0.2, -0.15) is 0 Å². The molecule has 1 N–H and O–H groups in total. The van der Waals surface area contributed by atoms with E-state index in [0.29, 0.717) is 0 Å². The van der Waals surface area contributed by atoms with Crippen LogP contribution in [0.25, 0.3) is 0 Å². The maximum absolute atomic E-state index is 11.9. The standard InChI is InChI=1S/C13H18N2O2/c1-10(9-16)11-4-3-5-12(8-11)15-7-6-14(2)13(15)17/h3-5,8,10,16H,6-7,9H2,1-2H3. The molecule has 2 rings (SSSR count). The summed E-state index contributed by atoms with van der Waals surface area (Å²) in [6.07, 6.45) is 0. The van der Waals surface area contributed by atoms with Crippen molar-refractivity contribution in [2.24, 2.45) is 0 Å². The lowest BCUT2D eigenvalue weighted by atomic mass is 10.0. The SMILES string of the molecule is CC(CO)c1cccc(N2CCN(C)C2=O)c1.